The molecule has 0 fully saturated rings. The van der Waals surface area contributed by atoms with Gasteiger partial charge in [0, 0.05) is 19.2 Å². The minimum absolute atomic E-state index is 0.0452. The van der Waals surface area contributed by atoms with Crippen LogP contribution in [0.2, 0.25) is 0 Å². The number of benzene rings is 1. The van der Waals surface area contributed by atoms with E-state index < -0.39 is 0 Å². The summed E-state index contributed by atoms with van der Waals surface area (Å²) in [5.74, 6) is 0.906. The van der Waals surface area contributed by atoms with E-state index in [1.165, 1.54) is 0 Å². The minimum atomic E-state index is -0.342. The number of carbonyl (C=O) groups is 1. The summed E-state index contributed by atoms with van der Waals surface area (Å²) in [7, 11) is 0. The maximum atomic E-state index is 13.3. The van der Waals surface area contributed by atoms with E-state index in [1.54, 1.807) is 6.07 Å². The number of nitro groups is 1. The third kappa shape index (κ3) is 8.59. The molecule has 6 heteroatoms. The molecular weight excluding hydrogens is 428 g/mol. The number of nitro benzene ring substituents is 1. The third-order valence-corrected chi connectivity index (χ3v) is 7.39. The molecule has 1 aliphatic carbocycles. The minimum Gasteiger partial charge on any atom is -0.444 e. The molecule has 1 amide bonds. The number of unbranched alkanes of at least 4 members (excludes halogenated alkanes) is 2. The van der Waals surface area contributed by atoms with E-state index in [2.05, 4.69) is 27.7 Å². The summed E-state index contributed by atoms with van der Waals surface area (Å²) in [5.41, 5.74) is 2.81. The first kappa shape index (κ1) is 28.1. The standard InChI is InChI=1S/C28H46N2O4/c1-5-9-13-22(7-3)19-29(20-23(8-4)14-10-6-2)28(31)34-21-26-17-24-15-11-12-16-25(24)18-27(26)30(32)33/h17-18,22-23H,5-16,19-21H2,1-4H3. The van der Waals surface area contributed by atoms with Crippen molar-refractivity contribution in [3.8, 4) is 0 Å². The van der Waals surface area contributed by atoms with Crippen molar-refractivity contribution in [2.24, 2.45) is 11.8 Å². The van der Waals surface area contributed by atoms with Gasteiger partial charge in [0.1, 0.15) is 6.61 Å². The molecule has 0 aromatic heterocycles. The highest BCUT2D eigenvalue weighted by molar-refractivity contribution is 5.68. The molecular formula is C28H46N2O4. The molecule has 2 rings (SSSR count). The third-order valence-electron chi connectivity index (χ3n) is 7.39. The summed E-state index contributed by atoms with van der Waals surface area (Å²) in [4.78, 5) is 26.5. The van der Waals surface area contributed by atoms with Crippen LogP contribution in [0.25, 0.3) is 0 Å². The fourth-order valence-electron chi connectivity index (χ4n) is 5.02. The van der Waals surface area contributed by atoms with E-state index in [9.17, 15) is 14.9 Å². The van der Waals surface area contributed by atoms with Gasteiger partial charge in [-0.1, -0.05) is 66.2 Å². The Morgan fingerprint density at radius 2 is 1.50 bits per heavy atom. The summed E-state index contributed by atoms with van der Waals surface area (Å²) < 4.78 is 5.75. The molecule has 0 N–H and O–H groups in total. The van der Waals surface area contributed by atoms with Crippen molar-refractivity contribution in [3.05, 3.63) is 38.9 Å². The van der Waals surface area contributed by atoms with Gasteiger partial charge in [-0.2, -0.15) is 0 Å². The van der Waals surface area contributed by atoms with Gasteiger partial charge in [-0.05, 0) is 67.6 Å². The predicted octanol–water partition coefficient (Wildman–Crippen LogP) is 7.85. The molecule has 0 heterocycles. The van der Waals surface area contributed by atoms with Crippen LogP contribution in [0.3, 0.4) is 0 Å². The molecule has 192 valence electrons. The van der Waals surface area contributed by atoms with Crippen molar-refractivity contribution in [2.45, 2.75) is 111 Å². The summed E-state index contributed by atoms with van der Waals surface area (Å²) in [6.07, 6.45) is 12.6. The van der Waals surface area contributed by atoms with Crippen LogP contribution in [0.4, 0.5) is 10.5 Å². The van der Waals surface area contributed by atoms with Crippen molar-refractivity contribution >= 4 is 11.8 Å². The van der Waals surface area contributed by atoms with Crippen LogP contribution < -0.4 is 0 Å². The maximum absolute atomic E-state index is 13.3. The van der Waals surface area contributed by atoms with E-state index in [1.807, 2.05) is 11.0 Å². The molecule has 0 spiro atoms. The molecule has 2 atom stereocenters. The number of aryl methyl sites for hydroxylation is 2. The molecule has 6 nitrogen and oxygen atoms in total. The van der Waals surface area contributed by atoms with Crippen LogP contribution in [0.5, 0.6) is 0 Å². The Kier molecular flexibility index (Phi) is 12.4. The average molecular weight is 475 g/mol. The van der Waals surface area contributed by atoms with Crippen LogP contribution in [-0.2, 0) is 24.2 Å². The lowest BCUT2D eigenvalue weighted by Crippen LogP contribution is -2.39. The van der Waals surface area contributed by atoms with Crippen LogP contribution in [0.15, 0.2) is 12.1 Å². The largest absolute Gasteiger partial charge is 0.444 e. The SMILES string of the molecule is CCCCC(CC)CN(CC(CC)CCCC)C(=O)OCc1cc2c(cc1[N+](=O)[O-])CCCC2. The van der Waals surface area contributed by atoms with E-state index in [-0.39, 0.29) is 23.3 Å². The first-order valence-corrected chi connectivity index (χ1v) is 13.6. The molecule has 0 saturated heterocycles. The molecule has 1 aliphatic rings. The lowest BCUT2D eigenvalue weighted by atomic mass is 9.89. The van der Waals surface area contributed by atoms with Crippen molar-refractivity contribution in [1.82, 2.24) is 4.90 Å². The van der Waals surface area contributed by atoms with Gasteiger partial charge < -0.3 is 9.64 Å². The topological polar surface area (TPSA) is 72.7 Å². The number of fused-ring (bicyclic) bond motifs is 1. The van der Waals surface area contributed by atoms with E-state index >= 15 is 0 Å². The van der Waals surface area contributed by atoms with E-state index in [0.29, 0.717) is 30.5 Å². The number of ether oxygens (including phenoxy) is 1. The van der Waals surface area contributed by atoms with Crippen LogP contribution in [0.1, 0.15) is 109 Å². The molecule has 0 aliphatic heterocycles. The van der Waals surface area contributed by atoms with Crippen LogP contribution in [-0.4, -0.2) is 29.0 Å². The summed E-state index contributed by atoms with van der Waals surface area (Å²) >= 11 is 0. The Hall–Kier alpha value is -2.11. The van der Waals surface area contributed by atoms with Crippen molar-refractivity contribution in [3.63, 3.8) is 0 Å². The number of rotatable bonds is 15. The zero-order chi connectivity index (χ0) is 24.9. The zero-order valence-corrected chi connectivity index (χ0v) is 21.9. The molecule has 0 bridgehead atoms. The molecule has 2 unspecified atom stereocenters. The highest BCUT2D eigenvalue weighted by atomic mass is 16.6. The Balaban J connectivity index is 2.16. The van der Waals surface area contributed by atoms with Crippen LogP contribution in [0, 0.1) is 22.0 Å². The molecule has 0 radical (unpaired) electrons. The lowest BCUT2D eigenvalue weighted by molar-refractivity contribution is -0.385. The summed E-state index contributed by atoms with van der Waals surface area (Å²) in [6.45, 7) is 10.1. The highest BCUT2D eigenvalue weighted by Gasteiger charge is 2.25. The van der Waals surface area contributed by atoms with Gasteiger partial charge in [-0.3, -0.25) is 10.1 Å². The zero-order valence-electron chi connectivity index (χ0n) is 21.9. The van der Waals surface area contributed by atoms with Crippen LogP contribution >= 0.6 is 0 Å². The van der Waals surface area contributed by atoms with Crippen molar-refractivity contribution in [1.29, 1.82) is 0 Å². The second-order valence-corrected chi connectivity index (χ2v) is 10.0. The second-order valence-electron chi connectivity index (χ2n) is 10.0. The molecule has 0 saturated carbocycles. The highest BCUT2D eigenvalue weighted by Crippen LogP contribution is 2.30. The average Bonchev–Trinajstić information content (AvgIpc) is 2.85. The van der Waals surface area contributed by atoms with Crippen molar-refractivity contribution in [2.75, 3.05) is 13.1 Å². The van der Waals surface area contributed by atoms with Gasteiger partial charge in [0.25, 0.3) is 5.69 Å². The summed E-state index contributed by atoms with van der Waals surface area (Å²) in [6, 6.07) is 3.60. The van der Waals surface area contributed by atoms with Crippen molar-refractivity contribution < 1.29 is 14.5 Å². The molecule has 1 aromatic carbocycles. The van der Waals surface area contributed by atoms with Gasteiger partial charge in [-0.25, -0.2) is 4.79 Å². The number of hydrogen-bond donors (Lipinski definition) is 0. The quantitative estimate of drug-likeness (QED) is 0.192. The van der Waals surface area contributed by atoms with Gasteiger partial charge in [-0.15, -0.1) is 0 Å². The number of carbonyl (C=O) groups excluding carboxylic acids is 1. The fourth-order valence-corrected chi connectivity index (χ4v) is 5.02. The smallest absolute Gasteiger partial charge is 0.410 e. The van der Waals surface area contributed by atoms with E-state index in [4.69, 9.17) is 4.74 Å². The summed E-state index contributed by atoms with van der Waals surface area (Å²) in [5, 5.41) is 11.7. The number of hydrogen-bond acceptors (Lipinski definition) is 4. The maximum Gasteiger partial charge on any atom is 0.410 e. The molecule has 34 heavy (non-hydrogen) atoms. The molecule has 1 aromatic rings. The van der Waals surface area contributed by atoms with Gasteiger partial charge in [0.15, 0.2) is 0 Å². The Morgan fingerprint density at radius 1 is 0.971 bits per heavy atom. The number of amides is 1. The Bertz CT molecular complexity index is 762. The van der Waals surface area contributed by atoms with Gasteiger partial charge in [0.2, 0.25) is 0 Å². The Labute approximate surface area is 206 Å². The monoisotopic (exact) mass is 474 g/mol. The first-order chi connectivity index (χ1) is 16.4. The van der Waals surface area contributed by atoms with Gasteiger partial charge >= 0.3 is 6.09 Å². The first-order valence-electron chi connectivity index (χ1n) is 13.6. The fraction of sp³-hybridized carbons (Fsp3) is 0.750. The Morgan fingerprint density at radius 3 is 1.97 bits per heavy atom. The number of nitrogens with zero attached hydrogens (tertiary/aromatic N) is 2. The lowest BCUT2D eigenvalue weighted by Gasteiger charge is -2.30. The predicted molar refractivity (Wildman–Crippen MR) is 138 cm³/mol. The van der Waals surface area contributed by atoms with E-state index in [0.717, 1.165) is 88.2 Å². The second kappa shape index (κ2) is 15.0. The normalized spacial score (nSPS) is 14.8. The van der Waals surface area contributed by atoms with Gasteiger partial charge in [0.05, 0.1) is 10.5 Å².